The predicted octanol–water partition coefficient (Wildman–Crippen LogP) is 4.04. The quantitative estimate of drug-likeness (QED) is 0.620. The summed E-state index contributed by atoms with van der Waals surface area (Å²) in [6.07, 6.45) is -4.64. The van der Waals surface area contributed by atoms with Gasteiger partial charge in [0.05, 0.1) is 18.0 Å². The minimum Gasteiger partial charge on any atom is -0.465 e. The van der Waals surface area contributed by atoms with Gasteiger partial charge in [-0.15, -0.1) is 11.6 Å². The van der Waals surface area contributed by atoms with E-state index in [1.807, 2.05) is 6.92 Å². The number of esters is 1. The van der Waals surface area contributed by atoms with E-state index in [4.69, 9.17) is 16.3 Å². The largest absolute Gasteiger partial charge is 0.465 e. The van der Waals surface area contributed by atoms with Gasteiger partial charge >= 0.3 is 12.1 Å². The number of ether oxygens (including phenoxy) is 1. The maximum Gasteiger partial charge on any atom is 0.435 e. The Morgan fingerprint density at radius 2 is 1.96 bits per heavy atom. The molecule has 1 aromatic heterocycles. The highest BCUT2D eigenvalue weighted by Crippen LogP contribution is 2.33. The first-order valence-corrected chi connectivity index (χ1v) is 7.22. The molecular weight excluding hydrogens is 333 g/mol. The number of halogens is 4. The van der Waals surface area contributed by atoms with Crippen molar-refractivity contribution in [2.75, 3.05) is 6.61 Å². The number of aromatic nitrogens is 2. The minimum absolute atomic E-state index is 0.0762. The number of hydrogen-bond acceptors (Lipinski definition) is 3. The van der Waals surface area contributed by atoms with Crippen molar-refractivity contribution in [1.29, 1.82) is 0 Å². The van der Waals surface area contributed by atoms with Crippen molar-refractivity contribution >= 4 is 17.6 Å². The summed E-state index contributed by atoms with van der Waals surface area (Å²) in [7, 11) is 0. The van der Waals surface area contributed by atoms with E-state index in [2.05, 4.69) is 5.10 Å². The molecule has 0 saturated heterocycles. The molecule has 1 aromatic carbocycles. The van der Waals surface area contributed by atoms with E-state index >= 15 is 0 Å². The van der Waals surface area contributed by atoms with Crippen LogP contribution in [0.25, 0.3) is 5.69 Å². The molecule has 0 aliphatic rings. The highest BCUT2D eigenvalue weighted by Gasteiger charge is 2.37. The normalized spacial score (nSPS) is 13.0. The van der Waals surface area contributed by atoms with Crippen LogP contribution in [0, 0.1) is 6.92 Å². The van der Waals surface area contributed by atoms with Gasteiger partial charge < -0.3 is 4.74 Å². The zero-order valence-electron chi connectivity index (χ0n) is 12.4. The van der Waals surface area contributed by atoms with E-state index < -0.39 is 23.2 Å². The van der Waals surface area contributed by atoms with Gasteiger partial charge in [-0.1, -0.05) is 17.7 Å². The number of aryl methyl sites for hydroxylation is 1. The van der Waals surface area contributed by atoms with Crippen molar-refractivity contribution in [3.05, 3.63) is 47.3 Å². The second kappa shape index (κ2) is 6.62. The smallest absolute Gasteiger partial charge is 0.435 e. The fraction of sp³-hybridized carbons (Fsp3) is 0.333. The van der Waals surface area contributed by atoms with E-state index in [-0.39, 0.29) is 12.3 Å². The highest BCUT2D eigenvalue weighted by molar-refractivity contribution is 6.29. The Hall–Kier alpha value is -2.02. The lowest BCUT2D eigenvalue weighted by Crippen LogP contribution is -2.15. The fourth-order valence-corrected chi connectivity index (χ4v) is 2.16. The molecule has 4 nitrogen and oxygen atoms in total. The molecule has 23 heavy (non-hydrogen) atoms. The van der Waals surface area contributed by atoms with Crippen LogP contribution in [0.15, 0.2) is 30.3 Å². The van der Waals surface area contributed by atoms with Crippen LogP contribution in [0.5, 0.6) is 0 Å². The monoisotopic (exact) mass is 346 g/mol. The SMILES string of the molecule is CCOC(=O)C(Cl)c1cc(C(F)(F)F)nn1-c1ccc(C)cc1. The Morgan fingerprint density at radius 3 is 2.48 bits per heavy atom. The summed E-state index contributed by atoms with van der Waals surface area (Å²) in [5.41, 5.74) is 0.0895. The van der Waals surface area contributed by atoms with Gasteiger partial charge in [0.1, 0.15) is 0 Å². The molecule has 1 atom stereocenters. The summed E-state index contributed by atoms with van der Waals surface area (Å²) in [4.78, 5) is 11.8. The Balaban J connectivity index is 2.53. The summed E-state index contributed by atoms with van der Waals surface area (Å²) in [5, 5.41) is 2.16. The standard InChI is InChI=1S/C15H14ClF3N2O2/c1-3-23-14(22)13(16)11-8-12(15(17,18)19)20-21(11)10-6-4-9(2)5-7-10/h4-8,13H,3H2,1-2H3. The van der Waals surface area contributed by atoms with Crippen LogP contribution in [-0.4, -0.2) is 22.4 Å². The summed E-state index contributed by atoms with van der Waals surface area (Å²) >= 11 is 5.98. The van der Waals surface area contributed by atoms with Crippen molar-refractivity contribution in [2.24, 2.45) is 0 Å². The number of carbonyl (C=O) groups excluding carboxylic acids is 1. The molecule has 0 aliphatic carbocycles. The Bertz CT molecular complexity index is 696. The van der Waals surface area contributed by atoms with Crippen LogP contribution in [0.2, 0.25) is 0 Å². The average Bonchev–Trinajstić information content (AvgIpc) is 2.92. The molecule has 1 unspecified atom stereocenters. The van der Waals surface area contributed by atoms with E-state index in [1.165, 1.54) is 0 Å². The molecule has 2 rings (SSSR count). The second-order valence-electron chi connectivity index (χ2n) is 4.81. The molecule has 0 radical (unpaired) electrons. The topological polar surface area (TPSA) is 44.1 Å². The lowest BCUT2D eigenvalue weighted by molar-refractivity contribution is -0.143. The molecule has 2 aromatic rings. The van der Waals surface area contributed by atoms with E-state index in [9.17, 15) is 18.0 Å². The van der Waals surface area contributed by atoms with Gasteiger partial charge in [0.15, 0.2) is 11.1 Å². The number of carbonyl (C=O) groups is 1. The molecule has 0 aliphatic heterocycles. The lowest BCUT2D eigenvalue weighted by Gasteiger charge is -2.11. The van der Waals surface area contributed by atoms with Crippen LogP contribution < -0.4 is 0 Å². The highest BCUT2D eigenvalue weighted by atomic mass is 35.5. The van der Waals surface area contributed by atoms with E-state index in [1.54, 1.807) is 31.2 Å². The van der Waals surface area contributed by atoms with Gasteiger partial charge in [0.2, 0.25) is 0 Å². The summed E-state index contributed by atoms with van der Waals surface area (Å²) in [6.45, 7) is 3.50. The zero-order chi connectivity index (χ0) is 17.2. The minimum atomic E-state index is -4.64. The maximum absolute atomic E-state index is 12.9. The fourth-order valence-electron chi connectivity index (χ4n) is 1.94. The number of benzene rings is 1. The van der Waals surface area contributed by atoms with Crippen molar-refractivity contribution < 1.29 is 22.7 Å². The third kappa shape index (κ3) is 3.85. The van der Waals surface area contributed by atoms with Crippen LogP contribution in [-0.2, 0) is 15.7 Å². The molecule has 0 fully saturated rings. The van der Waals surface area contributed by atoms with Crippen molar-refractivity contribution in [1.82, 2.24) is 9.78 Å². The van der Waals surface area contributed by atoms with Crippen molar-refractivity contribution in [3.8, 4) is 5.69 Å². The molecule has 0 spiro atoms. The summed E-state index contributed by atoms with van der Waals surface area (Å²) in [5.74, 6) is -0.823. The first-order chi connectivity index (χ1) is 10.7. The average molecular weight is 347 g/mol. The van der Waals surface area contributed by atoms with Gasteiger partial charge in [-0.05, 0) is 32.0 Å². The Kier molecular flexibility index (Phi) is 4.99. The number of alkyl halides is 4. The van der Waals surface area contributed by atoms with Gasteiger partial charge in [-0.2, -0.15) is 18.3 Å². The van der Waals surface area contributed by atoms with Gasteiger partial charge in [-0.25, -0.2) is 4.68 Å². The van der Waals surface area contributed by atoms with Gasteiger partial charge in [-0.3, -0.25) is 4.79 Å². The summed E-state index contributed by atoms with van der Waals surface area (Å²) in [6, 6.07) is 7.40. The second-order valence-corrected chi connectivity index (χ2v) is 5.25. The third-order valence-electron chi connectivity index (χ3n) is 3.06. The Morgan fingerprint density at radius 1 is 1.35 bits per heavy atom. The van der Waals surface area contributed by atoms with Gasteiger partial charge in [0.25, 0.3) is 0 Å². The molecule has 0 N–H and O–H groups in total. The van der Waals surface area contributed by atoms with Crippen LogP contribution >= 0.6 is 11.6 Å². The molecular formula is C15H14ClF3N2O2. The maximum atomic E-state index is 12.9. The molecule has 124 valence electrons. The zero-order valence-corrected chi connectivity index (χ0v) is 13.1. The van der Waals surface area contributed by atoms with Crippen LogP contribution in [0.4, 0.5) is 13.2 Å². The van der Waals surface area contributed by atoms with Crippen LogP contribution in [0.3, 0.4) is 0 Å². The van der Waals surface area contributed by atoms with E-state index in [0.717, 1.165) is 16.3 Å². The summed E-state index contributed by atoms with van der Waals surface area (Å²) < 4.78 is 44.6. The molecule has 1 heterocycles. The third-order valence-corrected chi connectivity index (χ3v) is 3.46. The number of nitrogens with zero attached hydrogens (tertiary/aromatic N) is 2. The number of rotatable bonds is 4. The molecule has 0 amide bonds. The molecule has 0 bridgehead atoms. The number of hydrogen-bond donors (Lipinski definition) is 0. The predicted molar refractivity (Wildman–Crippen MR) is 78.5 cm³/mol. The first kappa shape index (κ1) is 17.3. The Labute approximate surface area is 135 Å². The molecule has 8 heteroatoms. The van der Waals surface area contributed by atoms with Crippen LogP contribution in [0.1, 0.15) is 29.3 Å². The first-order valence-electron chi connectivity index (χ1n) is 6.79. The van der Waals surface area contributed by atoms with E-state index in [0.29, 0.717) is 5.69 Å². The van der Waals surface area contributed by atoms with Crippen molar-refractivity contribution in [2.45, 2.75) is 25.4 Å². The lowest BCUT2D eigenvalue weighted by atomic mass is 10.2. The molecule has 0 saturated carbocycles. The van der Waals surface area contributed by atoms with Crippen molar-refractivity contribution in [3.63, 3.8) is 0 Å². The van der Waals surface area contributed by atoms with Gasteiger partial charge in [0, 0.05) is 0 Å².